The van der Waals surface area contributed by atoms with Crippen molar-refractivity contribution < 1.29 is 13.6 Å². The van der Waals surface area contributed by atoms with E-state index in [1.165, 1.54) is 6.20 Å². The summed E-state index contributed by atoms with van der Waals surface area (Å²) in [5.41, 5.74) is -0.0388. The van der Waals surface area contributed by atoms with Crippen molar-refractivity contribution in [3.63, 3.8) is 0 Å². The maximum absolute atomic E-state index is 13.4. The van der Waals surface area contributed by atoms with Gasteiger partial charge < -0.3 is 4.98 Å². The highest BCUT2D eigenvalue weighted by molar-refractivity contribution is 7.99. The van der Waals surface area contributed by atoms with Gasteiger partial charge in [0.1, 0.15) is 16.2 Å². The number of Topliss-reactive ketones (excluding diaryl/α,β-unsaturated/α-hetero) is 1. The average molecular weight is 461 g/mol. The number of nitrogens with one attached hydrogen (secondary N) is 1. The highest BCUT2D eigenvalue weighted by Gasteiger charge is 2.36. The minimum atomic E-state index is -2.65. The molecule has 154 valence electrons. The molecule has 4 rings (SSSR count). The first kappa shape index (κ1) is 20.4. The summed E-state index contributed by atoms with van der Waals surface area (Å²) in [4.78, 5) is 31.5. The van der Waals surface area contributed by atoms with Gasteiger partial charge in [0.2, 0.25) is 10.4 Å². The second-order valence-electron chi connectivity index (χ2n) is 6.74. The van der Waals surface area contributed by atoms with Gasteiger partial charge in [0, 0.05) is 12.8 Å². The van der Waals surface area contributed by atoms with E-state index < -0.39 is 5.92 Å². The molecule has 0 radical (unpaired) electrons. The average Bonchev–Trinajstić information content (AvgIpc) is 3.27. The fourth-order valence-corrected chi connectivity index (χ4v) is 4.81. The molecule has 29 heavy (non-hydrogen) atoms. The van der Waals surface area contributed by atoms with Gasteiger partial charge in [0.15, 0.2) is 10.8 Å². The Balaban J connectivity index is 1.49. The molecular formula is C16H15ClF2N6O2S2. The van der Waals surface area contributed by atoms with Crippen LogP contribution in [0.4, 0.5) is 8.78 Å². The van der Waals surface area contributed by atoms with Crippen molar-refractivity contribution in [3.8, 4) is 0 Å². The van der Waals surface area contributed by atoms with Crippen molar-refractivity contribution in [2.45, 2.75) is 49.2 Å². The summed E-state index contributed by atoms with van der Waals surface area (Å²) in [5.74, 6) is -2.69. The fourth-order valence-electron chi connectivity index (χ4n) is 3.19. The van der Waals surface area contributed by atoms with Gasteiger partial charge in [0.25, 0.3) is 5.56 Å². The number of nitrogens with zero attached hydrogens (tertiary/aromatic N) is 5. The van der Waals surface area contributed by atoms with E-state index >= 15 is 0 Å². The van der Waals surface area contributed by atoms with Crippen LogP contribution in [0.25, 0.3) is 11.0 Å². The molecule has 0 unspecified atom stereocenters. The summed E-state index contributed by atoms with van der Waals surface area (Å²) < 4.78 is 28.7. The van der Waals surface area contributed by atoms with Gasteiger partial charge in [-0.2, -0.15) is 5.10 Å². The number of halogens is 3. The van der Waals surface area contributed by atoms with Gasteiger partial charge in [-0.1, -0.05) is 23.1 Å². The maximum Gasteiger partial charge on any atom is 0.262 e. The number of ketones is 1. The molecule has 3 aromatic heterocycles. The van der Waals surface area contributed by atoms with Crippen molar-refractivity contribution in [2.75, 3.05) is 5.75 Å². The largest absolute Gasteiger partial charge is 0.301 e. The molecule has 0 atom stereocenters. The van der Waals surface area contributed by atoms with Gasteiger partial charge in [-0.3, -0.25) is 9.59 Å². The number of alkyl halides is 2. The number of aromatic amines is 1. The van der Waals surface area contributed by atoms with E-state index in [4.69, 9.17) is 11.6 Å². The van der Waals surface area contributed by atoms with E-state index in [0.717, 1.165) is 23.1 Å². The molecular weight excluding hydrogens is 446 g/mol. The highest BCUT2D eigenvalue weighted by Crippen LogP contribution is 2.38. The predicted molar refractivity (Wildman–Crippen MR) is 105 cm³/mol. The second-order valence-corrected chi connectivity index (χ2v) is 9.35. The van der Waals surface area contributed by atoms with Gasteiger partial charge >= 0.3 is 0 Å². The molecule has 1 aliphatic rings. The third-order valence-corrected chi connectivity index (χ3v) is 6.59. The Kier molecular flexibility index (Phi) is 5.67. The highest BCUT2D eigenvalue weighted by atomic mass is 35.5. The number of hydrogen-bond acceptors (Lipinski definition) is 8. The summed E-state index contributed by atoms with van der Waals surface area (Å²) in [6.07, 6.45) is 1.60. The number of fused-ring (bicyclic) bond motifs is 1. The summed E-state index contributed by atoms with van der Waals surface area (Å²) in [6.45, 7) is 0. The van der Waals surface area contributed by atoms with Gasteiger partial charge in [-0.15, -0.1) is 10.2 Å². The van der Waals surface area contributed by atoms with Crippen molar-refractivity contribution in [1.29, 1.82) is 0 Å². The van der Waals surface area contributed by atoms with Crippen molar-refractivity contribution >= 4 is 51.5 Å². The quantitative estimate of drug-likeness (QED) is 0.444. The van der Waals surface area contributed by atoms with Gasteiger partial charge in [0.05, 0.1) is 24.4 Å². The van der Waals surface area contributed by atoms with Crippen LogP contribution in [0, 0.1) is 0 Å². The molecule has 0 saturated heterocycles. The number of carbonyl (C=O) groups excluding carboxylic acids is 1. The molecule has 0 aliphatic heterocycles. The zero-order valence-electron chi connectivity index (χ0n) is 14.9. The SMILES string of the molecule is O=C(CSc1nc2c(cnn2C2CCC(F)(F)CC2)c(=O)[nH]1)Cc1nnc(Cl)s1. The van der Waals surface area contributed by atoms with Crippen LogP contribution in [-0.4, -0.2) is 47.4 Å². The minimum Gasteiger partial charge on any atom is -0.301 e. The fraction of sp³-hybridized carbons (Fsp3) is 0.500. The molecule has 1 fully saturated rings. The Morgan fingerprint density at radius 2 is 2.14 bits per heavy atom. The minimum absolute atomic E-state index is 0.0788. The molecule has 8 nitrogen and oxygen atoms in total. The van der Waals surface area contributed by atoms with Crippen LogP contribution in [0.2, 0.25) is 4.47 Å². The Hall–Kier alpha value is -1.92. The van der Waals surface area contributed by atoms with Crippen LogP contribution >= 0.6 is 34.7 Å². The van der Waals surface area contributed by atoms with Crippen LogP contribution in [0.5, 0.6) is 0 Å². The summed E-state index contributed by atoms with van der Waals surface area (Å²) >= 11 is 7.93. The normalized spacial score (nSPS) is 17.1. The monoisotopic (exact) mass is 460 g/mol. The number of carbonyl (C=O) groups is 1. The lowest BCUT2D eigenvalue weighted by atomic mass is 9.92. The smallest absolute Gasteiger partial charge is 0.262 e. The molecule has 1 saturated carbocycles. The third kappa shape index (κ3) is 4.64. The maximum atomic E-state index is 13.4. The third-order valence-electron chi connectivity index (χ3n) is 4.63. The summed E-state index contributed by atoms with van der Waals surface area (Å²) in [6, 6.07) is -0.233. The van der Waals surface area contributed by atoms with Crippen LogP contribution < -0.4 is 5.56 Å². The van der Waals surface area contributed by atoms with E-state index in [0.29, 0.717) is 16.0 Å². The Morgan fingerprint density at radius 3 is 2.83 bits per heavy atom. The lowest BCUT2D eigenvalue weighted by Crippen LogP contribution is -2.27. The lowest BCUT2D eigenvalue weighted by Gasteiger charge is -2.28. The first-order valence-corrected chi connectivity index (χ1v) is 11.0. The molecule has 1 N–H and O–H groups in total. The molecule has 3 aromatic rings. The van der Waals surface area contributed by atoms with Gasteiger partial charge in [-0.25, -0.2) is 18.4 Å². The second kappa shape index (κ2) is 8.07. The number of thioether (sulfide) groups is 1. The van der Waals surface area contributed by atoms with E-state index in [1.807, 2.05) is 0 Å². The molecule has 13 heteroatoms. The van der Waals surface area contributed by atoms with Crippen LogP contribution in [-0.2, 0) is 11.2 Å². The van der Waals surface area contributed by atoms with Crippen LogP contribution in [0.3, 0.4) is 0 Å². The number of aromatic nitrogens is 6. The van der Waals surface area contributed by atoms with Crippen LogP contribution in [0.1, 0.15) is 36.7 Å². The van der Waals surface area contributed by atoms with E-state index in [2.05, 4.69) is 25.3 Å². The summed E-state index contributed by atoms with van der Waals surface area (Å²) in [7, 11) is 0. The standard InChI is InChI=1S/C16H15ClF2N6O2S2/c17-14-24-23-11(29-14)5-9(26)7-28-15-21-12-10(13(27)22-15)6-20-25(12)8-1-3-16(18,19)4-2-8/h6,8H,1-5,7H2,(H,21,22,27). The topological polar surface area (TPSA) is 106 Å². The van der Waals surface area contributed by atoms with E-state index in [1.54, 1.807) is 4.68 Å². The first-order chi connectivity index (χ1) is 13.8. The Bertz CT molecular complexity index is 1100. The molecule has 0 amide bonds. The summed E-state index contributed by atoms with van der Waals surface area (Å²) in [5, 5.41) is 12.7. The first-order valence-electron chi connectivity index (χ1n) is 8.78. The Morgan fingerprint density at radius 1 is 1.38 bits per heavy atom. The molecule has 0 spiro atoms. The van der Waals surface area contributed by atoms with Crippen LogP contribution in [0.15, 0.2) is 16.1 Å². The number of H-pyrrole nitrogens is 1. The van der Waals surface area contributed by atoms with E-state index in [-0.39, 0.29) is 64.9 Å². The Labute approximate surface area is 176 Å². The number of rotatable bonds is 6. The molecule has 3 heterocycles. The molecule has 1 aliphatic carbocycles. The molecule has 0 bridgehead atoms. The number of hydrogen-bond donors (Lipinski definition) is 1. The van der Waals surface area contributed by atoms with Crippen molar-refractivity contribution in [3.05, 3.63) is 26.0 Å². The van der Waals surface area contributed by atoms with E-state index in [9.17, 15) is 18.4 Å². The van der Waals surface area contributed by atoms with Crippen molar-refractivity contribution in [2.24, 2.45) is 0 Å². The lowest BCUT2D eigenvalue weighted by molar-refractivity contribution is -0.116. The van der Waals surface area contributed by atoms with Crippen molar-refractivity contribution in [1.82, 2.24) is 29.9 Å². The zero-order valence-corrected chi connectivity index (χ0v) is 17.3. The predicted octanol–water partition coefficient (Wildman–Crippen LogP) is 3.28. The zero-order chi connectivity index (χ0) is 20.6. The molecule has 0 aromatic carbocycles. The van der Waals surface area contributed by atoms with Gasteiger partial charge in [-0.05, 0) is 24.4 Å².